The molecule has 1 aliphatic rings. The quantitative estimate of drug-likeness (QED) is 0.687. The van der Waals surface area contributed by atoms with Crippen LogP contribution >= 0.6 is 22.9 Å². The summed E-state index contributed by atoms with van der Waals surface area (Å²) in [7, 11) is 1.35. The Morgan fingerprint density at radius 2 is 2.11 bits per heavy atom. The van der Waals surface area contributed by atoms with Gasteiger partial charge in [0, 0.05) is 4.88 Å². The van der Waals surface area contributed by atoms with Crippen LogP contribution in [0.25, 0.3) is 0 Å². The number of carbonyl (C=O) groups is 2. The van der Waals surface area contributed by atoms with E-state index in [1.165, 1.54) is 23.3 Å². The number of alkyl halides is 1. The normalized spacial score (nSPS) is 13.9. The number of halogens is 1. The van der Waals surface area contributed by atoms with Crippen LogP contribution < -0.4 is 5.32 Å². The van der Waals surface area contributed by atoms with E-state index < -0.39 is 0 Å². The number of nitrogens with one attached hydrogen (secondary N) is 1. The minimum atomic E-state index is -0.390. The first-order valence-electron chi connectivity index (χ1n) is 5.76. The van der Waals surface area contributed by atoms with Crippen molar-refractivity contribution in [2.45, 2.75) is 25.7 Å². The van der Waals surface area contributed by atoms with Gasteiger partial charge in [0.05, 0.1) is 12.7 Å². The SMILES string of the molecule is COC(=O)c1c(NC(=O)CCl)sc2c1CCCC2. The number of esters is 1. The molecule has 0 saturated carbocycles. The average Bonchev–Trinajstić information content (AvgIpc) is 2.75. The Morgan fingerprint density at radius 3 is 2.78 bits per heavy atom. The van der Waals surface area contributed by atoms with E-state index in [2.05, 4.69) is 5.32 Å². The molecule has 4 nitrogen and oxygen atoms in total. The maximum Gasteiger partial charge on any atom is 0.341 e. The van der Waals surface area contributed by atoms with Crippen LogP contribution in [0.5, 0.6) is 0 Å². The first-order valence-corrected chi connectivity index (χ1v) is 7.11. The summed E-state index contributed by atoms with van der Waals surface area (Å²) in [6, 6.07) is 0. The summed E-state index contributed by atoms with van der Waals surface area (Å²) in [5.41, 5.74) is 1.54. The van der Waals surface area contributed by atoms with Gasteiger partial charge in [0.15, 0.2) is 0 Å². The topological polar surface area (TPSA) is 55.4 Å². The minimum absolute atomic E-state index is 0.122. The Morgan fingerprint density at radius 1 is 1.39 bits per heavy atom. The van der Waals surface area contributed by atoms with Crippen LogP contribution in [-0.2, 0) is 22.4 Å². The molecule has 2 rings (SSSR count). The van der Waals surface area contributed by atoms with Gasteiger partial charge in [-0.2, -0.15) is 0 Å². The second-order valence-electron chi connectivity index (χ2n) is 4.09. The fourth-order valence-corrected chi connectivity index (χ4v) is 3.49. The lowest BCUT2D eigenvalue weighted by molar-refractivity contribution is -0.113. The van der Waals surface area contributed by atoms with E-state index in [0.29, 0.717) is 10.6 Å². The third-order valence-electron chi connectivity index (χ3n) is 2.94. The van der Waals surface area contributed by atoms with Crippen LogP contribution in [0.4, 0.5) is 5.00 Å². The zero-order valence-electron chi connectivity index (χ0n) is 10.0. The lowest BCUT2D eigenvalue weighted by Gasteiger charge is -2.11. The Labute approximate surface area is 114 Å². The lowest BCUT2D eigenvalue weighted by Crippen LogP contribution is -2.15. The zero-order valence-corrected chi connectivity index (χ0v) is 11.6. The number of rotatable bonds is 3. The Hall–Kier alpha value is -1.07. The Balaban J connectivity index is 2.41. The molecular weight excluding hydrogens is 274 g/mol. The summed E-state index contributed by atoms with van der Waals surface area (Å²) in [5.74, 6) is -0.817. The van der Waals surface area contributed by atoms with Gasteiger partial charge in [-0.05, 0) is 31.2 Å². The third kappa shape index (κ3) is 2.52. The van der Waals surface area contributed by atoms with Crippen LogP contribution in [0.15, 0.2) is 0 Å². The molecule has 18 heavy (non-hydrogen) atoms. The van der Waals surface area contributed by atoms with Crippen LogP contribution in [0.2, 0.25) is 0 Å². The molecule has 6 heteroatoms. The number of anilines is 1. The molecular formula is C12H14ClNO3S. The van der Waals surface area contributed by atoms with Crippen molar-refractivity contribution in [3.63, 3.8) is 0 Å². The number of carbonyl (C=O) groups excluding carboxylic acids is 2. The first kappa shape index (κ1) is 13.4. The predicted octanol–water partition coefficient (Wildman–Crippen LogP) is 2.59. The van der Waals surface area contributed by atoms with Gasteiger partial charge in [0.2, 0.25) is 5.91 Å². The van der Waals surface area contributed by atoms with Crippen molar-refractivity contribution in [3.8, 4) is 0 Å². The van der Waals surface area contributed by atoms with E-state index in [-0.39, 0.29) is 17.8 Å². The Kier molecular flexibility index (Phi) is 4.24. The van der Waals surface area contributed by atoms with Gasteiger partial charge in [-0.1, -0.05) is 0 Å². The van der Waals surface area contributed by atoms with Crippen LogP contribution in [0.3, 0.4) is 0 Å². The molecule has 0 spiro atoms. The van der Waals surface area contributed by atoms with E-state index in [9.17, 15) is 9.59 Å². The number of aryl methyl sites for hydroxylation is 1. The van der Waals surface area contributed by atoms with Gasteiger partial charge in [-0.15, -0.1) is 22.9 Å². The highest BCUT2D eigenvalue weighted by Gasteiger charge is 2.26. The van der Waals surface area contributed by atoms with E-state index in [1.54, 1.807) is 0 Å². The molecule has 0 fully saturated rings. The summed E-state index contributed by atoms with van der Waals surface area (Å²) in [6.45, 7) is 0. The molecule has 0 atom stereocenters. The van der Waals surface area contributed by atoms with E-state index >= 15 is 0 Å². The maximum absolute atomic E-state index is 11.8. The van der Waals surface area contributed by atoms with Gasteiger partial charge in [0.25, 0.3) is 0 Å². The highest BCUT2D eigenvalue weighted by atomic mass is 35.5. The Bertz CT molecular complexity index is 484. The average molecular weight is 288 g/mol. The molecule has 1 aromatic rings. The van der Waals surface area contributed by atoms with Crippen molar-refractivity contribution in [2.75, 3.05) is 18.3 Å². The van der Waals surface area contributed by atoms with Crippen molar-refractivity contribution >= 4 is 39.8 Å². The second kappa shape index (κ2) is 5.71. The molecule has 0 saturated heterocycles. The lowest BCUT2D eigenvalue weighted by atomic mass is 9.95. The third-order valence-corrected chi connectivity index (χ3v) is 4.39. The molecule has 0 aromatic carbocycles. The van der Waals surface area contributed by atoms with Crippen LogP contribution in [-0.4, -0.2) is 24.9 Å². The number of hydrogen-bond acceptors (Lipinski definition) is 4. The van der Waals surface area contributed by atoms with E-state index in [4.69, 9.17) is 16.3 Å². The molecule has 1 aromatic heterocycles. The molecule has 1 N–H and O–H groups in total. The summed E-state index contributed by atoms with van der Waals surface area (Å²) in [4.78, 5) is 24.4. The van der Waals surface area contributed by atoms with Crippen LogP contribution in [0, 0.1) is 0 Å². The number of thiophene rings is 1. The van der Waals surface area contributed by atoms with Crippen molar-refractivity contribution in [1.82, 2.24) is 0 Å². The van der Waals surface area contributed by atoms with Gasteiger partial charge in [0.1, 0.15) is 10.9 Å². The van der Waals surface area contributed by atoms with Gasteiger partial charge in [-0.3, -0.25) is 4.79 Å². The highest BCUT2D eigenvalue weighted by molar-refractivity contribution is 7.17. The molecule has 0 radical (unpaired) electrons. The molecule has 98 valence electrons. The van der Waals surface area contributed by atoms with Crippen molar-refractivity contribution in [2.24, 2.45) is 0 Å². The zero-order chi connectivity index (χ0) is 13.1. The summed E-state index contributed by atoms with van der Waals surface area (Å²) >= 11 is 6.93. The first-order chi connectivity index (χ1) is 8.67. The number of amides is 1. The number of hydrogen-bond donors (Lipinski definition) is 1. The number of fused-ring (bicyclic) bond motifs is 1. The predicted molar refractivity (Wildman–Crippen MR) is 71.7 cm³/mol. The monoisotopic (exact) mass is 287 g/mol. The summed E-state index contributed by atoms with van der Waals surface area (Å²) in [6.07, 6.45) is 4.02. The molecule has 0 bridgehead atoms. The minimum Gasteiger partial charge on any atom is -0.465 e. The molecule has 0 unspecified atom stereocenters. The summed E-state index contributed by atoms with van der Waals surface area (Å²) in [5, 5.41) is 3.25. The molecule has 0 aliphatic heterocycles. The molecule has 1 heterocycles. The van der Waals surface area contributed by atoms with Crippen LogP contribution in [0.1, 0.15) is 33.6 Å². The number of ether oxygens (including phenoxy) is 1. The summed E-state index contributed by atoms with van der Waals surface area (Å²) < 4.78 is 4.80. The maximum atomic E-state index is 11.8. The molecule has 1 aliphatic carbocycles. The van der Waals surface area contributed by atoms with Crippen molar-refractivity contribution in [1.29, 1.82) is 0 Å². The fourth-order valence-electron chi connectivity index (χ4n) is 2.13. The largest absolute Gasteiger partial charge is 0.465 e. The van der Waals surface area contributed by atoms with Crippen molar-refractivity contribution in [3.05, 3.63) is 16.0 Å². The number of methoxy groups -OCH3 is 1. The highest BCUT2D eigenvalue weighted by Crippen LogP contribution is 2.38. The molecule has 1 amide bonds. The smallest absolute Gasteiger partial charge is 0.341 e. The van der Waals surface area contributed by atoms with Gasteiger partial charge in [-0.25, -0.2) is 4.79 Å². The van der Waals surface area contributed by atoms with E-state index in [0.717, 1.165) is 31.2 Å². The van der Waals surface area contributed by atoms with Crippen molar-refractivity contribution < 1.29 is 14.3 Å². The fraction of sp³-hybridized carbons (Fsp3) is 0.500. The van der Waals surface area contributed by atoms with E-state index in [1.807, 2.05) is 0 Å². The second-order valence-corrected chi connectivity index (χ2v) is 5.46. The van der Waals surface area contributed by atoms with Gasteiger partial charge >= 0.3 is 5.97 Å². The van der Waals surface area contributed by atoms with Gasteiger partial charge < -0.3 is 10.1 Å². The standard InChI is InChI=1S/C12H14ClNO3S/c1-17-12(16)10-7-4-2-3-5-8(7)18-11(10)14-9(15)6-13/h2-6H2,1H3,(H,14,15).